The SMILES string of the molecule is O=COCN(CC(=O)O)C1(Cc2ccc(O)cc2)CN(CC(=O)O)CCN(CC(=O)O)C1. The summed E-state index contributed by atoms with van der Waals surface area (Å²) in [7, 11) is 0. The molecule has 1 heterocycles. The predicted molar refractivity (Wildman–Crippen MR) is 109 cm³/mol. The van der Waals surface area contributed by atoms with Gasteiger partial charge in [0.05, 0.1) is 25.2 Å². The summed E-state index contributed by atoms with van der Waals surface area (Å²) in [5.41, 5.74) is -0.406. The van der Waals surface area contributed by atoms with Crippen LogP contribution in [0.15, 0.2) is 24.3 Å². The molecule has 0 aliphatic carbocycles. The normalized spacial score (nSPS) is 16.9. The van der Waals surface area contributed by atoms with Crippen molar-refractivity contribution in [2.75, 3.05) is 52.5 Å². The number of phenols is 1. The lowest BCUT2D eigenvalue weighted by molar-refractivity contribution is -0.150. The first-order valence-corrected chi connectivity index (χ1v) is 9.82. The fraction of sp³-hybridized carbons (Fsp3) is 0.500. The number of carbonyl (C=O) groups is 4. The zero-order chi connectivity index (χ0) is 23.7. The van der Waals surface area contributed by atoms with Crippen LogP contribution in [0.2, 0.25) is 0 Å². The van der Waals surface area contributed by atoms with Crippen LogP contribution in [-0.4, -0.2) is 118 Å². The highest BCUT2D eigenvalue weighted by Crippen LogP contribution is 2.28. The zero-order valence-corrected chi connectivity index (χ0v) is 17.4. The molecule has 0 saturated carbocycles. The number of phenolic OH excluding ortho intramolecular Hbond substituents is 1. The number of benzene rings is 1. The molecule has 4 N–H and O–H groups in total. The van der Waals surface area contributed by atoms with Crippen LogP contribution in [0.5, 0.6) is 5.75 Å². The lowest BCUT2D eigenvalue weighted by Gasteiger charge is -2.45. The van der Waals surface area contributed by atoms with Gasteiger partial charge in [-0.2, -0.15) is 0 Å². The van der Waals surface area contributed by atoms with E-state index in [1.54, 1.807) is 21.9 Å². The summed E-state index contributed by atoms with van der Waals surface area (Å²) < 4.78 is 4.88. The van der Waals surface area contributed by atoms with Crippen molar-refractivity contribution in [2.45, 2.75) is 12.0 Å². The molecule has 176 valence electrons. The molecule has 32 heavy (non-hydrogen) atoms. The summed E-state index contributed by atoms with van der Waals surface area (Å²) in [6, 6.07) is 6.22. The highest BCUT2D eigenvalue weighted by molar-refractivity contribution is 5.70. The molecule has 0 unspecified atom stereocenters. The molecule has 0 aromatic heterocycles. The Balaban J connectivity index is 2.54. The van der Waals surface area contributed by atoms with Gasteiger partial charge < -0.3 is 25.2 Å². The molecule has 1 aromatic carbocycles. The fourth-order valence-electron chi connectivity index (χ4n) is 4.03. The number of ether oxygens (including phenoxy) is 1. The quantitative estimate of drug-likeness (QED) is 0.225. The third-order valence-corrected chi connectivity index (χ3v) is 5.25. The summed E-state index contributed by atoms with van der Waals surface area (Å²) in [6.45, 7) is -0.676. The van der Waals surface area contributed by atoms with Gasteiger partial charge in [-0.25, -0.2) is 0 Å². The van der Waals surface area contributed by atoms with Gasteiger partial charge in [-0.05, 0) is 24.1 Å². The molecular weight excluding hydrogens is 426 g/mol. The van der Waals surface area contributed by atoms with Gasteiger partial charge in [-0.3, -0.25) is 33.9 Å². The second kappa shape index (κ2) is 11.4. The lowest BCUT2D eigenvalue weighted by atomic mass is 9.87. The Hall–Kier alpha value is -3.22. The van der Waals surface area contributed by atoms with Crippen molar-refractivity contribution in [1.29, 1.82) is 0 Å². The Labute approximate surface area is 184 Å². The van der Waals surface area contributed by atoms with Crippen molar-refractivity contribution in [3.63, 3.8) is 0 Å². The number of carboxylic acids is 3. The van der Waals surface area contributed by atoms with E-state index in [1.165, 1.54) is 17.0 Å². The molecule has 1 aromatic rings. The number of hydrogen-bond acceptors (Lipinski definition) is 9. The average Bonchev–Trinajstić information content (AvgIpc) is 2.85. The maximum absolute atomic E-state index is 11.6. The van der Waals surface area contributed by atoms with Gasteiger partial charge in [-0.15, -0.1) is 0 Å². The minimum atomic E-state index is -1.19. The minimum Gasteiger partial charge on any atom is -0.508 e. The smallest absolute Gasteiger partial charge is 0.317 e. The summed E-state index contributed by atoms with van der Waals surface area (Å²) in [4.78, 5) is 49.9. The first-order chi connectivity index (χ1) is 15.1. The monoisotopic (exact) mass is 453 g/mol. The van der Waals surface area contributed by atoms with Gasteiger partial charge in [0.2, 0.25) is 0 Å². The molecule has 0 amide bonds. The van der Waals surface area contributed by atoms with Crippen LogP contribution in [0.25, 0.3) is 0 Å². The van der Waals surface area contributed by atoms with Crippen LogP contribution in [-0.2, 0) is 30.3 Å². The first kappa shape index (κ1) is 25.0. The Morgan fingerprint density at radius 1 is 0.969 bits per heavy atom. The largest absolute Gasteiger partial charge is 0.508 e. The van der Waals surface area contributed by atoms with Crippen molar-refractivity contribution < 1.29 is 44.3 Å². The highest BCUT2D eigenvalue weighted by atomic mass is 16.5. The lowest BCUT2D eigenvalue weighted by Crippen LogP contribution is -2.62. The molecule has 0 radical (unpaired) electrons. The van der Waals surface area contributed by atoms with Gasteiger partial charge in [0.25, 0.3) is 6.47 Å². The van der Waals surface area contributed by atoms with Gasteiger partial charge in [0.1, 0.15) is 12.5 Å². The van der Waals surface area contributed by atoms with Crippen LogP contribution in [0.1, 0.15) is 5.56 Å². The molecule has 0 atom stereocenters. The molecule has 12 heteroatoms. The minimum absolute atomic E-state index is 0.0374. The van der Waals surface area contributed by atoms with Crippen LogP contribution in [0, 0.1) is 0 Å². The fourth-order valence-corrected chi connectivity index (χ4v) is 4.03. The van der Waals surface area contributed by atoms with Crippen molar-refractivity contribution in [3.05, 3.63) is 29.8 Å². The zero-order valence-electron chi connectivity index (χ0n) is 17.4. The van der Waals surface area contributed by atoms with Crippen LogP contribution < -0.4 is 0 Å². The number of aliphatic carboxylic acids is 3. The summed E-state index contributed by atoms with van der Waals surface area (Å²) in [5, 5.41) is 37.8. The summed E-state index contributed by atoms with van der Waals surface area (Å²) in [5.74, 6) is -3.31. The second-order valence-electron chi connectivity index (χ2n) is 7.76. The predicted octanol–water partition coefficient (Wildman–Crippen LogP) is -1.02. The maximum Gasteiger partial charge on any atom is 0.317 e. The first-order valence-electron chi connectivity index (χ1n) is 9.82. The Morgan fingerprint density at radius 3 is 1.94 bits per heavy atom. The standard InChI is InChI=1S/C20H27N3O9/c24-14-32-13-23(10-19(30)31)20(7-15-1-3-16(25)4-2-15)11-21(8-17(26)27)5-6-22(12-20)9-18(28)29/h1-4,14,25H,5-13H2,(H,26,27)(H,28,29)(H,30,31). The van der Waals surface area contributed by atoms with Gasteiger partial charge in [0, 0.05) is 26.2 Å². The van der Waals surface area contributed by atoms with E-state index in [0.717, 1.165) is 0 Å². The number of carboxylic acid groups (broad SMARTS) is 3. The number of hydrogen-bond donors (Lipinski definition) is 4. The Kier molecular flexibility index (Phi) is 8.93. The molecule has 1 aliphatic heterocycles. The van der Waals surface area contributed by atoms with E-state index in [2.05, 4.69) is 0 Å². The van der Waals surface area contributed by atoms with Crippen molar-refractivity contribution >= 4 is 24.4 Å². The van der Waals surface area contributed by atoms with E-state index < -0.39 is 30.0 Å². The van der Waals surface area contributed by atoms with Crippen LogP contribution in [0.3, 0.4) is 0 Å². The summed E-state index contributed by atoms with van der Waals surface area (Å²) in [6.07, 6.45) is 0.189. The topological polar surface area (TPSA) is 168 Å². The molecule has 1 fully saturated rings. The van der Waals surface area contributed by atoms with Gasteiger partial charge in [-0.1, -0.05) is 12.1 Å². The summed E-state index contributed by atoms with van der Waals surface area (Å²) >= 11 is 0. The van der Waals surface area contributed by atoms with Gasteiger partial charge in [0.15, 0.2) is 0 Å². The molecular formula is C20H27N3O9. The molecule has 12 nitrogen and oxygen atoms in total. The molecule has 0 spiro atoms. The molecule has 0 bridgehead atoms. The van der Waals surface area contributed by atoms with E-state index in [0.29, 0.717) is 5.56 Å². The number of rotatable bonds is 12. The van der Waals surface area contributed by atoms with E-state index in [1.807, 2.05) is 0 Å². The molecule has 1 aliphatic rings. The van der Waals surface area contributed by atoms with E-state index in [4.69, 9.17) is 4.74 Å². The van der Waals surface area contributed by atoms with Crippen molar-refractivity contribution in [1.82, 2.24) is 14.7 Å². The third kappa shape index (κ3) is 7.48. The van der Waals surface area contributed by atoms with E-state index in [-0.39, 0.29) is 64.6 Å². The maximum atomic E-state index is 11.6. The number of nitrogens with zero attached hydrogens (tertiary/aromatic N) is 3. The average molecular weight is 453 g/mol. The molecule has 1 saturated heterocycles. The van der Waals surface area contributed by atoms with Crippen molar-refractivity contribution in [2.24, 2.45) is 0 Å². The van der Waals surface area contributed by atoms with Crippen LogP contribution >= 0.6 is 0 Å². The van der Waals surface area contributed by atoms with E-state index in [9.17, 15) is 39.6 Å². The third-order valence-electron chi connectivity index (χ3n) is 5.25. The van der Waals surface area contributed by atoms with Crippen molar-refractivity contribution in [3.8, 4) is 5.75 Å². The Bertz CT molecular complexity index is 789. The number of aromatic hydroxyl groups is 1. The van der Waals surface area contributed by atoms with Gasteiger partial charge >= 0.3 is 17.9 Å². The van der Waals surface area contributed by atoms with Crippen LogP contribution in [0.4, 0.5) is 0 Å². The second-order valence-corrected chi connectivity index (χ2v) is 7.76. The van der Waals surface area contributed by atoms with E-state index >= 15 is 0 Å². The molecule has 2 rings (SSSR count). The Morgan fingerprint density at radius 2 is 1.50 bits per heavy atom. The highest BCUT2D eigenvalue weighted by Gasteiger charge is 2.43. The number of carbonyl (C=O) groups excluding carboxylic acids is 1.